The van der Waals surface area contributed by atoms with E-state index in [1.54, 1.807) is 13.8 Å². The Balaban J connectivity index is 2.03. The number of rotatable bonds is 5. The molecule has 0 spiro atoms. The van der Waals surface area contributed by atoms with Gasteiger partial charge in [-0.25, -0.2) is 4.79 Å². The van der Waals surface area contributed by atoms with Crippen molar-refractivity contribution in [2.24, 2.45) is 5.92 Å². The van der Waals surface area contributed by atoms with E-state index in [9.17, 15) is 14.7 Å². The number of hydrogen-bond acceptors (Lipinski definition) is 2. The first-order chi connectivity index (χ1) is 11.9. The van der Waals surface area contributed by atoms with Crippen molar-refractivity contribution >= 4 is 22.9 Å². The van der Waals surface area contributed by atoms with Gasteiger partial charge in [-0.1, -0.05) is 62.4 Å². The average Bonchev–Trinajstić information content (AvgIpc) is 2.88. The van der Waals surface area contributed by atoms with Gasteiger partial charge < -0.3 is 5.11 Å². The highest BCUT2D eigenvalue weighted by Crippen LogP contribution is 2.45. The van der Waals surface area contributed by atoms with Crippen molar-refractivity contribution in [2.45, 2.75) is 25.8 Å². The lowest BCUT2D eigenvalue weighted by molar-refractivity contribution is -0.117. The summed E-state index contributed by atoms with van der Waals surface area (Å²) in [5.41, 5.74) is 4.40. The topological polar surface area (TPSA) is 57.6 Å². The molecule has 2 aromatic rings. The fraction of sp³-hybridized carbons (Fsp3) is 0.300. The molecule has 4 nitrogen and oxygen atoms in total. The molecule has 0 aromatic heterocycles. The molecule has 0 fully saturated rings. The van der Waals surface area contributed by atoms with E-state index in [0.717, 1.165) is 22.3 Å². The molecule has 0 aliphatic heterocycles. The Kier molecular flexibility index (Phi) is 4.82. The van der Waals surface area contributed by atoms with Gasteiger partial charge in [-0.3, -0.25) is 9.69 Å². The molecule has 0 heterocycles. The molecule has 1 aliphatic carbocycles. The molecular formula is C20H20ClNO3. The van der Waals surface area contributed by atoms with E-state index < -0.39 is 17.4 Å². The summed E-state index contributed by atoms with van der Waals surface area (Å²) in [6.45, 7) is 3.81. The quantitative estimate of drug-likeness (QED) is 0.797. The Morgan fingerprint density at radius 2 is 1.52 bits per heavy atom. The highest BCUT2D eigenvalue weighted by Gasteiger charge is 2.36. The maximum Gasteiger partial charge on any atom is 0.407 e. The molecule has 0 saturated carbocycles. The maximum atomic E-state index is 11.9. The molecule has 3 rings (SSSR count). The van der Waals surface area contributed by atoms with E-state index in [2.05, 4.69) is 0 Å². The number of halogens is 1. The third-order valence-corrected chi connectivity index (χ3v) is 5.01. The second-order valence-corrected chi connectivity index (χ2v) is 7.03. The van der Waals surface area contributed by atoms with Gasteiger partial charge in [0.2, 0.25) is 5.24 Å². The van der Waals surface area contributed by atoms with Gasteiger partial charge in [-0.2, -0.15) is 0 Å². The first-order valence-corrected chi connectivity index (χ1v) is 8.66. The van der Waals surface area contributed by atoms with Crippen LogP contribution in [0.1, 0.15) is 30.9 Å². The van der Waals surface area contributed by atoms with Crippen molar-refractivity contribution in [3.63, 3.8) is 0 Å². The normalized spacial score (nSPS) is 14.1. The molecule has 0 radical (unpaired) electrons. The van der Waals surface area contributed by atoms with Crippen LogP contribution in [0, 0.1) is 5.92 Å². The Bertz CT molecular complexity index is 773. The fourth-order valence-electron chi connectivity index (χ4n) is 3.71. The summed E-state index contributed by atoms with van der Waals surface area (Å²) < 4.78 is 0. The molecule has 2 aromatic carbocycles. The van der Waals surface area contributed by atoms with Crippen molar-refractivity contribution in [1.82, 2.24) is 4.90 Å². The van der Waals surface area contributed by atoms with Crippen LogP contribution in [0.25, 0.3) is 11.1 Å². The molecule has 130 valence electrons. The van der Waals surface area contributed by atoms with Crippen LogP contribution in [0.2, 0.25) is 0 Å². The summed E-state index contributed by atoms with van der Waals surface area (Å²) in [5.74, 6) is -0.311. The zero-order chi connectivity index (χ0) is 18.1. The Morgan fingerprint density at radius 3 is 1.92 bits per heavy atom. The van der Waals surface area contributed by atoms with Crippen LogP contribution in [0.15, 0.2) is 48.5 Å². The minimum absolute atomic E-state index is 0.110. The zero-order valence-electron chi connectivity index (χ0n) is 14.1. The van der Waals surface area contributed by atoms with Crippen molar-refractivity contribution in [1.29, 1.82) is 0 Å². The zero-order valence-corrected chi connectivity index (χ0v) is 14.9. The van der Waals surface area contributed by atoms with E-state index in [1.807, 2.05) is 48.5 Å². The number of amides is 1. The van der Waals surface area contributed by atoms with Gasteiger partial charge >= 0.3 is 6.09 Å². The van der Waals surface area contributed by atoms with Crippen LogP contribution in [0.3, 0.4) is 0 Å². The summed E-state index contributed by atoms with van der Waals surface area (Å²) in [6, 6.07) is 15.1. The summed E-state index contributed by atoms with van der Waals surface area (Å²) in [7, 11) is 0. The molecule has 1 aliphatic rings. The van der Waals surface area contributed by atoms with E-state index in [1.165, 1.54) is 4.90 Å². The summed E-state index contributed by atoms with van der Waals surface area (Å²) in [4.78, 5) is 24.9. The maximum absolute atomic E-state index is 11.9. The van der Waals surface area contributed by atoms with Crippen molar-refractivity contribution in [3.8, 4) is 11.1 Å². The van der Waals surface area contributed by atoms with E-state index in [4.69, 9.17) is 11.6 Å². The van der Waals surface area contributed by atoms with Gasteiger partial charge in [0, 0.05) is 12.5 Å². The predicted octanol–water partition coefficient (Wildman–Crippen LogP) is 4.57. The molecule has 0 saturated heterocycles. The monoisotopic (exact) mass is 357 g/mol. The molecule has 1 amide bonds. The molecule has 1 N–H and O–H groups in total. The lowest BCUT2D eigenvalue weighted by atomic mass is 9.94. The van der Waals surface area contributed by atoms with Crippen LogP contribution in [0.5, 0.6) is 0 Å². The van der Waals surface area contributed by atoms with Gasteiger partial charge in [-0.05, 0) is 39.8 Å². The van der Waals surface area contributed by atoms with Gasteiger partial charge in [-0.15, -0.1) is 0 Å². The smallest absolute Gasteiger partial charge is 0.407 e. The second kappa shape index (κ2) is 6.89. The van der Waals surface area contributed by atoms with Crippen molar-refractivity contribution < 1.29 is 14.7 Å². The van der Waals surface area contributed by atoms with Crippen LogP contribution in [-0.4, -0.2) is 33.9 Å². The van der Waals surface area contributed by atoms with Crippen LogP contribution in [0.4, 0.5) is 4.79 Å². The Labute approximate surface area is 152 Å². The molecule has 0 bridgehead atoms. The lowest BCUT2D eigenvalue weighted by Gasteiger charge is -2.32. The van der Waals surface area contributed by atoms with Gasteiger partial charge in [0.1, 0.15) is 6.04 Å². The summed E-state index contributed by atoms with van der Waals surface area (Å²) in [5, 5.41) is 9.07. The number of carbonyl (C=O) groups is 2. The second-order valence-electron chi connectivity index (χ2n) is 6.65. The first kappa shape index (κ1) is 17.5. The number of nitrogens with zero attached hydrogens (tertiary/aromatic N) is 1. The fourth-order valence-corrected chi connectivity index (χ4v) is 4.08. The van der Waals surface area contributed by atoms with E-state index in [0.29, 0.717) is 0 Å². The highest BCUT2D eigenvalue weighted by atomic mass is 35.5. The molecule has 5 heteroatoms. The van der Waals surface area contributed by atoms with Gasteiger partial charge in [0.25, 0.3) is 0 Å². The minimum atomic E-state index is -1.13. The average molecular weight is 358 g/mol. The minimum Gasteiger partial charge on any atom is -0.465 e. The summed E-state index contributed by atoms with van der Waals surface area (Å²) >= 11 is 5.72. The first-order valence-electron chi connectivity index (χ1n) is 8.29. The van der Waals surface area contributed by atoms with Crippen LogP contribution >= 0.6 is 11.6 Å². The Hall–Kier alpha value is -2.33. The Morgan fingerprint density at radius 1 is 1.04 bits per heavy atom. The number of hydrogen-bond donors (Lipinski definition) is 1. The van der Waals surface area contributed by atoms with E-state index >= 15 is 0 Å². The number of benzene rings is 2. The highest BCUT2D eigenvalue weighted by molar-refractivity contribution is 6.64. The largest absolute Gasteiger partial charge is 0.465 e. The van der Waals surface area contributed by atoms with Gasteiger partial charge in [0.15, 0.2) is 0 Å². The molecule has 1 atom stereocenters. The standard InChI is InChI=1S/C20H20ClNO3/c1-12(2)18(19(21)23)22(20(24)25)11-17-15-9-5-3-7-13(15)14-8-4-6-10-16(14)17/h3-10,12,17-18H,11H2,1-2H3,(H,24,25)/t18-/m0/s1. The molecule has 25 heavy (non-hydrogen) atoms. The molecular weight excluding hydrogens is 338 g/mol. The predicted molar refractivity (Wildman–Crippen MR) is 97.9 cm³/mol. The number of carbonyl (C=O) groups excluding carboxylic acids is 1. The number of fused-ring (bicyclic) bond motifs is 3. The van der Waals surface area contributed by atoms with Crippen molar-refractivity contribution in [3.05, 3.63) is 59.7 Å². The van der Waals surface area contributed by atoms with E-state index in [-0.39, 0.29) is 18.4 Å². The van der Waals surface area contributed by atoms with Crippen LogP contribution < -0.4 is 0 Å². The van der Waals surface area contributed by atoms with Gasteiger partial charge in [0.05, 0.1) is 0 Å². The van der Waals surface area contributed by atoms with Crippen molar-refractivity contribution in [2.75, 3.05) is 6.54 Å². The third-order valence-electron chi connectivity index (χ3n) is 4.79. The third kappa shape index (κ3) is 3.14. The number of carboxylic acid groups (broad SMARTS) is 1. The SMILES string of the molecule is CC(C)[C@@H](C(=O)Cl)N(CC1c2ccccc2-c2ccccc21)C(=O)O. The lowest BCUT2D eigenvalue weighted by Crippen LogP contribution is -2.47. The van der Waals surface area contributed by atoms with Crippen LogP contribution in [-0.2, 0) is 4.79 Å². The summed E-state index contributed by atoms with van der Waals surface area (Å²) in [6.07, 6.45) is -1.13. The molecule has 0 unspecified atom stereocenters.